The molecule has 0 radical (unpaired) electrons. The van der Waals surface area contributed by atoms with Gasteiger partial charge in [0, 0.05) is 25.2 Å². The Bertz CT molecular complexity index is 902. The predicted octanol–water partition coefficient (Wildman–Crippen LogP) is 3.23. The maximum Gasteiger partial charge on any atom is 0.299 e. The highest BCUT2D eigenvalue weighted by molar-refractivity contribution is 5.66. The molecule has 0 aliphatic carbocycles. The first-order chi connectivity index (χ1) is 13.7. The van der Waals surface area contributed by atoms with Crippen LogP contribution in [0.4, 0.5) is 34.1 Å². The Hall–Kier alpha value is -4.36. The van der Waals surface area contributed by atoms with Gasteiger partial charge in [0.1, 0.15) is 11.4 Å². The number of nitro groups is 4. The Balaban J connectivity index is 1.97. The molecule has 152 valence electrons. The third-order valence-corrected chi connectivity index (χ3v) is 3.76. The van der Waals surface area contributed by atoms with Crippen molar-refractivity contribution in [2.75, 3.05) is 23.7 Å². The van der Waals surface area contributed by atoms with E-state index in [2.05, 4.69) is 10.6 Å². The van der Waals surface area contributed by atoms with E-state index in [4.69, 9.17) is 0 Å². The van der Waals surface area contributed by atoms with Crippen LogP contribution in [0.5, 0.6) is 0 Å². The zero-order valence-electron chi connectivity index (χ0n) is 14.6. The van der Waals surface area contributed by atoms with Gasteiger partial charge in [-0.15, -0.1) is 0 Å². The van der Waals surface area contributed by atoms with Crippen LogP contribution in [0.2, 0.25) is 0 Å². The van der Waals surface area contributed by atoms with Crippen molar-refractivity contribution in [3.8, 4) is 0 Å². The van der Waals surface area contributed by atoms with E-state index in [1.165, 1.54) is 12.1 Å². The second-order valence-electron chi connectivity index (χ2n) is 5.64. The number of nitro benzene ring substituents is 4. The second kappa shape index (κ2) is 9.03. The van der Waals surface area contributed by atoms with Gasteiger partial charge in [0.2, 0.25) is 0 Å². The highest BCUT2D eigenvalue weighted by Gasteiger charge is 2.20. The Morgan fingerprint density at radius 1 is 0.621 bits per heavy atom. The van der Waals surface area contributed by atoms with Crippen LogP contribution in [0.15, 0.2) is 36.4 Å². The van der Waals surface area contributed by atoms with Crippen LogP contribution in [-0.2, 0) is 0 Å². The third-order valence-electron chi connectivity index (χ3n) is 3.76. The highest BCUT2D eigenvalue weighted by Crippen LogP contribution is 2.30. The zero-order valence-corrected chi connectivity index (χ0v) is 14.6. The lowest BCUT2D eigenvalue weighted by Crippen LogP contribution is -2.11. The summed E-state index contributed by atoms with van der Waals surface area (Å²) in [5, 5.41) is 49.1. The number of nitrogens with zero attached hydrogens (tertiary/aromatic N) is 4. The molecule has 2 aromatic carbocycles. The van der Waals surface area contributed by atoms with Gasteiger partial charge in [0.05, 0.1) is 31.8 Å². The van der Waals surface area contributed by atoms with Gasteiger partial charge in [-0.1, -0.05) is 0 Å². The fourth-order valence-corrected chi connectivity index (χ4v) is 2.40. The van der Waals surface area contributed by atoms with E-state index in [1.807, 2.05) is 0 Å². The summed E-state index contributed by atoms with van der Waals surface area (Å²) in [4.78, 5) is 40.6. The average molecular weight is 406 g/mol. The van der Waals surface area contributed by atoms with Gasteiger partial charge in [0.25, 0.3) is 22.7 Å². The predicted molar refractivity (Wildman–Crippen MR) is 101 cm³/mol. The molecular formula is C15H14N6O8. The van der Waals surface area contributed by atoms with E-state index in [0.717, 1.165) is 24.3 Å². The van der Waals surface area contributed by atoms with Crippen LogP contribution in [0, 0.1) is 40.5 Å². The molecular weight excluding hydrogens is 392 g/mol. The van der Waals surface area contributed by atoms with Crippen LogP contribution in [0.1, 0.15) is 6.42 Å². The van der Waals surface area contributed by atoms with Crippen molar-refractivity contribution in [2.45, 2.75) is 6.42 Å². The molecule has 0 aromatic heterocycles. The second-order valence-corrected chi connectivity index (χ2v) is 5.64. The number of non-ortho nitro benzene ring substituents is 2. The van der Waals surface area contributed by atoms with Crippen molar-refractivity contribution in [2.24, 2.45) is 0 Å². The summed E-state index contributed by atoms with van der Waals surface area (Å²) in [6.45, 7) is 0.457. The minimum atomic E-state index is -0.742. The monoisotopic (exact) mass is 406 g/mol. The maximum absolute atomic E-state index is 11.1. The topological polar surface area (TPSA) is 197 Å². The van der Waals surface area contributed by atoms with E-state index in [1.54, 1.807) is 0 Å². The molecule has 2 aromatic rings. The lowest BCUT2D eigenvalue weighted by atomic mass is 10.2. The van der Waals surface area contributed by atoms with E-state index in [-0.39, 0.29) is 24.5 Å². The molecule has 14 heteroatoms. The summed E-state index contributed by atoms with van der Waals surface area (Å²) in [6, 6.07) is 6.42. The van der Waals surface area contributed by atoms with Gasteiger partial charge in [-0.2, -0.15) is 0 Å². The van der Waals surface area contributed by atoms with Crippen molar-refractivity contribution in [1.29, 1.82) is 0 Å². The minimum absolute atomic E-state index is 0.0990. The Morgan fingerprint density at radius 2 is 1.00 bits per heavy atom. The molecule has 0 bridgehead atoms. The van der Waals surface area contributed by atoms with E-state index in [9.17, 15) is 40.5 Å². The first kappa shape index (κ1) is 20.9. The van der Waals surface area contributed by atoms with E-state index >= 15 is 0 Å². The van der Waals surface area contributed by atoms with Crippen molar-refractivity contribution in [3.05, 3.63) is 76.9 Å². The van der Waals surface area contributed by atoms with Gasteiger partial charge in [-0.3, -0.25) is 40.5 Å². The van der Waals surface area contributed by atoms with Crippen LogP contribution in [0.25, 0.3) is 0 Å². The summed E-state index contributed by atoms with van der Waals surface area (Å²) in [6.07, 6.45) is 0.377. The van der Waals surface area contributed by atoms with E-state index in [0.29, 0.717) is 6.42 Å². The molecule has 0 aliphatic heterocycles. The van der Waals surface area contributed by atoms with Gasteiger partial charge in [-0.25, -0.2) is 0 Å². The quantitative estimate of drug-likeness (QED) is 0.335. The van der Waals surface area contributed by atoms with Crippen LogP contribution in [-0.4, -0.2) is 32.8 Å². The summed E-state index contributed by atoms with van der Waals surface area (Å²) >= 11 is 0. The third kappa shape index (κ3) is 5.31. The number of hydrogen-bond donors (Lipinski definition) is 2. The van der Waals surface area contributed by atoms with Crippen LogP contribution < -0.4 is 10.6 Å². The van der Waals surface area contributed by atoms with Crippen LogP contribution in [0.3, 0.4) is 0 Å². The lowest BCUT2D eigenvalue weighted by molar-refractivity contribution is -0.393. The number of rotatable bonds is 10. The Morgan fingerprint density at radius 3 is 1.31 bits per heavy atom. The SMILES string of the molecule is O=[N+]([O-])c1ccc(NCCCNc2ccc([N+](=O)[O-])cc2[N+](=O)[O-])c([N+](=O)[O-])c1. The summed E-state index contributed by atoms with van der Waals surface area (Å²) in [5.74, 6) is 0. The van der Waals surface area contributed by atoms with Crippen molar-refractivity contribution in [1.82, 2.24) is 0 Å². The highest BCUT2D eigenvalue weighted by atomic mass is 16.6. The summed E-state index contributed by atoms with van der Waals surface area (Å²) in [5.41, 5.74) is -1.51. The number of benzene rings is 2. The van der Waals surface area contributed by atoms with Gasteiger partial charge >= 0.3 is 0 Å². The molecule has 0 unspecified atom stereocenters. The molecule has 0 fully saturated rings. The number of hydrogen-bond acceptors (Lipinski definition) is 10. The van der Waals surface area contributed by atoms with E-state index < -0.39 is 42.4 Å². The molecule has 0 spiro atoms. The fourth-order valence-electron chi connectivity index (χ4n) is 2.40. The largest absolute Gasteiger partial charge is 0.379 e. The molecule has 2 N–H and O–H groups in total. The molecule has 14 nitrogen and oxygen atoms in total. The maximum atomic E-state index is 11.1. The molecule has 0 saturated heterocycles. The molecule has 0 atom stereocenters. The lowest BCUT2D eigenvalue weighted by Gasteiger charge is -2.09. The van der Waals surface area contributed by atoms with Crippen molar-refractivity contribution < 1.29 is 19.7 Å². The molecule has 29 heavy (non-hydrogen) atoms. The Labute approximate surface area is 161 Å². The summed E-state index contributed by atoms with van der Waals surface area (Å²) in [7, 11) is 0. The average Bonchev–Trinajstić information content (AvgIpc) is 2.67. The fraction of sp³-hybridized carbons (Fsp3) is 0.200. The van der Waals surface area contributed by atoms with Crippen LogP contribution >= 0.6 is 0 Å². The van der Waals surface area contributed by atoms with Gasteiger partial charge in [-0.05, 0) is 18.6 Å². The normalized spacial score (nSPS) is 10.2. The molecule has 0 aliphatic rings. The van der Waals surface area contributed by atoms with Crippen molar-refractivity contribution >= 4 is 34.1 Å². The smallest absolute Gasteiger partial charge is 0.299 e. The standard InChI is InChI=1S/C15H14N6O8/c22-18(23)10-2-4-12(14(8-10)20(26)27)16-6-1-7-17-13-5-3-11(19(24)25)9-15(13)21(28)29/h2-5,8-9,16-17H,1,6-7H2. The molecule has 0 saturated carbocycles. The number of nitrogens with one attached hydrogen (secondary N) is 2. The number of anilines is 2. The zero-order chi connectivity index (χ0) is 21.6. The van der Waals surface area contributed by atoms with Gasteiger partial charge < -0.3 is 10.6 Å². The molecule has 0 heterocycles. The first-order valence-corrected chi connectivity index (χ1v) is 8.04. The van der Waals surface area contributed by atoms with Gasteiger partial charge in [0.15, 0.2) is 0 Å². The molecule has 0 amide bonds. The first-order valence-electron chi connectivity index (χ1n) is 8.04. The summed E-state index contributed by atoms with van der Waals surface area (Å²) < 4.78 is 0. The minimum Gasteiger partial charge on any atom is -0.379 e. The van der Waals surface area contributed by atoms with Crippen molar-refractivity contribution in [3.63, 3.8) is 0 Å². The Kier molecular flexibility index (Phi) is 6.52. The molecule has 2 rings (SSSR count).